The summed E-state index contributed by atoms with van der Waals surface area (Å²) in [5.41, 5.74) is 5.32. The minimum absolute atomic E-state index is 0.0162. The van der Waals surface area contributed by atoms with Crippen LogP contribution in [-0.4, -0.2) is 47.3 Å². The lowest BCUT2D eigenvalue weighted by molar-refractivity contribution is -0.180. The molecule has 4 aromatic rings. The average Bonchev–Trinajstić information content (AvgIpc) is 3.07. The molecule has 0 aromatic heterocycles. The highest BCUT2D eigenvalue weighted by Crippen LogP contribution is 2.29. The van der Waals surface area contributed by atoms with Crippen molar-refractivity contribution in [3.8, 4) is 0 Å². The summed E-state index contributed by atoms with van der Waals surface area (Å²) in [5, 5.41) is 0. The van der Waals surface area contributed by atoms with Crippen LogP contribution in [0.15, 0.2) is 121 Å². The second-order valence-corrected chi connectivity index (χ2v) is 13.9. The minimum atomic E-state index is 0.0162. The van der Waals surface area contributed by atoms with Crippen molar-refractivity contribution in [2.75, 3.05) is 13.2 Å². The first kappa shape index (κ1) is 34.1. The van der Waals surface area contributed by atoms with Crippen LogP contribution < -0.4 is 0 Å². The maximum absolute atomic E-state index is 6.93. The molecule has 0 N–H and O–H groups in total. The molecule has 0 saturated carbocycles. The van der Waals surface area contributed by atoms with Gasteiger partial charge in [0, 0.05) is 38.3 Å². The van der Waals surface area contributed by atoms with Crippen LogP contribution in [0.5, 0.6) is 0 Å². The van der Waals surface area contributed by atoms with Crippen molar-refractivity contribution >= 4 is 0 Å². The summed E-state index contributed by atoms with van der Waals surface area (Å²) in [6, 6.07) is 43.9. The van der Waals surface area contributed by atoms with Crippen molar-refractivity contribution in [3.63, 3.8) is 0 Å². The van der Waals surface area contributed by atoms with E-state index in [1.54, 1.807) is 0 Å². The lowest BCUT2D eigenvalue weighted by Gasteiger charge is -2.44. The molecule has 1 fully saturated rings. The summed E-state index contributed by atoms with van der Waals surface area (Å²) < 4.78 is 13.9. The fraction of sp³-hybridized carbons (Fsp3) is 0.429. The highest BCUT2D eigenvalue weighted by molar-refractivity contribution is 5.19. The molecule has 46 heavy (non-hydrogen) atoms. The number of hydrogen-bond acceptors (Lipinski definition) is 4. The van der Waals surface area contributed by atoms with Crippen molar-refractivity contribution in [2.45, 2.75) is 91.0 Å². The maximum atomic E-state index is 6.93. The Morgan fingerprint density at radius 3 is 0.935 bits per heavy atom. The predicted molar refractivity (Wildman–Crippen MR) is 190 cm³/mol. The molecule has 0 bridgehead atoms. The van der Waals surface area contributed by atoms with E-state index in [4.69, 9.17) is 9.47 Å². The van der Waals surface area contributed by atoms with Crippen LogP contribution in [0.1, 0.15) is 62.8 Å². The summed E-state index contributed by atoms with van der Waals surface area (Å²) in [5.74, 6) is 1.09. The van der Waals surface area contributed by atoms with Crippen LogP contribution in [0, 0.1) is 11.8 Å². The molecule has 0 aliphatic carbocycles. The van der Waals surface area contributed by atoms with Crippen molar-refractivity contribution in [2.24, 2.45) is 11.8 Å². The standard InChI is InChI=1S/C42H54N2O2/c1-33(2)25-39(43(27-35-17-9-5-10-18-35)28-36-19-11-6-12-20-36)41-31-46-42(32-45-41)40(26-34(3)4)44(29-37-21-13-7-14-22-37)30-38-23-15-8-16-24-38/h5-24,33-34,39-42H,25-32H2,1-4H3/t39-,40-,41+,42+/m0/s1. The summed E-state index contributed by atoms with van der Waals surface area (Å²) in [6.45, 7) is 14.1. The summed E-state index contributed by atoms with van der Waals surface area (Å²) in [4.78, 5) is 5.25. The fourth-order valence-corrected chi connectivity index (χ4v) is 6.87. The molecule has 4 aromatic carbocycles. The van der Waals surface area contributed by atoms with Gasteiger partial charge < -0.3 is 9.47 Å². The smallest absolute Gasteiger partial charge is 0.0964 e. The molecule has 1 aliphatic rings. The SMILES string of the molecule is CC(C)C[C@@H]([C@H]1CO[C@@H]([C@H](CC(C)C)N(Cc2ccccc2)Cc2ccccc2)CO1)N(Cc1ccccc1)Cc1ccccc1. The van der Waals surface area contributed by atoms with E-state index in [-0.39, 0.29) is 24.3 Å². The van der Waals surface area contributed by atoms with Crippen LogP contribution in [0.4, 0.5) is 0 Å². The van der Waals surface area contributed by atoms with Gasteiger partial charge in [0.25, 0.3) is 0 Å². The molecule has 1 saturated heterocycles. The van der Waals surface area contributed by atoms with Gasteiger partial charge >= 0.3 is 0 Å². The van der Waals surface area contributed by atoms with E-state index in [1.807, 2.05) is 0 Å². The van der Waals surface area contributed by atoms with Gasteiger partial charge in [-0.2, -0.15) is 0 Å². The quantitative estimate of drug-likeness (QED) is 0.125. The van der Waals surface area contributed by atoms with E-state index in [9.17, 15) is 0 Å². The first-order valence-corrected chi connectivity index (χ1v) is 17.3. The van der Waals surface area contributed by atoms with Gasteiger partial charge in [0.1, 0.15) is 0 Å². The molecule has 1 aliphatic heterocycles. The van der Waals surface area contributed by atoms with Crippen molar-refractivity contribution in [3.05, 3.63) is 144 Å². The topological polar surface area (TPSA) is 24.9 Å². The molecule has 4 nitrogen and oxygen atoms in total. The molecule has 244 valence electrons. The Hall–Kier alpha value is -3.28. The number of hydrogen-bond donors (Lipinski definition) is 0. The van der Waals surface area contributed by atoms with Crippen LogP contribution in [-0.2, 0) is 35.7 Å². The zero-order chi connectivity index (χ0) is 32.1. The number of benzene rings is 4. The first-order valence-electron chi connectivity index (χ1n) is 17.3. The second-order valence-electron chi connectivity index (χ2n) is 13.9. The van der Waals surface area contributed by atoms with Gasteiger partial charge in [-0.05, 0) is 46.9 Å². The summed E-state index contributed by atoms with van der Waals surface area (Å²) >= 11 is 0. The number of nitrogens with zero attached hydrogens (tertiary/aromatic N) is 2. The Kier molecular flexibility index (Phi) is 13.0. The summed E-state index contributed by atoms with van der Waals surface area (Å²) in [6.07, 6.45) is 2.15. The molecule has 0 unspecified atom stereocenters. The molecule has 5 rings (SSSR count). The lowest BCUT2D eigenvalue weighted by atomic mass is 9.93. The normalized spacial score (nSPS) is 18.3. The molecular formula is C42H54N2O2. The fourth-order valence-electron chi connectivity index (χ4n) is 6.87. The highest BCUT2D eigenvalue weighted by atomic mass is 16.6. The van der Waals surface area contributed by atoms with E-state index < -0.39 is 0 Å². The molecule has 4 heteroatoms. The zero-order valence-electron chi connectivity index (χ0n) is 28.4. The van der Waals surface area contributed by atoms with Crippen molar-refractivity contribution < 1.29 is 9.47 Å². The van der Waals surface area contributed by atoms with Crippen LogP contribution in [0.3, 0.4) is 0 Å². The van der Waals surface area contributed by atoms with E-state index in [2.05, 4.69) is 159 Å². The lowest BCUT2D eigenvalue weighted by Crippen LogP contribution is -2.55. The Bertz CT molecular complexity index is 1180. The second kappa shape index (κ2) is 17.6. The van der Waals surface area contributed by atoms with Gasteiger partial charge in [-0.15, -0.1) is 0 Å². The third-order valence-corrected chi connectivity index (χ3v) is 9.09. The number of rotatable bonds is 16. The Labute approximate surface area is 278 Å². The van der Waals surface area contributed by atoms with Gasteiger partial charge in [0.2, 0.25) is 0 Å². The van der Waals surface area contributed by atoms with E-state index >= 15 is 0 Å². The van der Waals surface area contributed by atoms with E-state index in [0.717, 1.165) is 39.0 Å². The van der Waals surface area contributed by atoms with Gasteiger partial charge in [0.15, 0.2) is 0 Å². The molecule has 4 atom stereocenters. The minimum Gasteiger partial charge on any atom is -0.371 e. The molecule has 0 amide bonds. The maximum Gasteiger partial charge on any atom is 0.0964 e. The third-order valence-electron chi connectivity index (χ3n) is 9.09. The average molecular weight is 619 g/mol. The molecule has 0 spiro atoms. The van der Waals surface area contributed by atoms with Gasteiger partial charge in [-0.3, -0.25) is 9.80 Å². The Balaban J connectivity index is 1.36. The molecule has 0 radical (unpaired) electrons. The highest BCUT2D eigenvalue weighted by Gasteiger charge is 2.38. The van der Waals surface area contributed by atoms with Gasteiger partial charge in [-0.25, -0.2) is 0 Å². The van der Waals surface area contributed by atoms with Crippen LogP contribution in [0.2, 0.25) is 0 Å². The van der Waals surface area contributed by atoms with Crippen molar-refractivity contribution in [1.29, 1.82) is 0 Å². The largest absolute Gasteiger partial charge is 0.371 e. The zero-order valence-corrected chi connectivity index (χ0v) is 28.4. The predicted octanol–water partition coefficient (Wildman–Crippen LogP) is 9.00. The summed E-state index contributed by atoms with van der Waals surface area (Å²) in [7, 11) is 0. The number of ether oxygens (including phenoxy) is 2. The van der Waals surface area contributed by atoms with Crippen molar-refractivity contribution in [1.82, 2.24) is 9.80 Å². The van der Waals surface area contributed by atoms with E-state index in [1.165, 1.54) is 22.3 Å². The van der Waals surface area contributed by atoms with Crippen LogP contribution in [0.25, 0.3) is 0 Å². The monoisotopic (exact) mass is 618 g/mol. The Morgan fingerprint density at radius 1 is 0.457 bits per heavy atom. The van der Waals surface area contributed by atoms with Gasteiger partial charge in [-0.1, -0.05) is 149 Å². The molecular weight excluding hydrogens is 564 g/mol. The third kappa shape index (κ3) is 10.4. The Morgan fingerprint density at radius 2 is 0.717 bits per heavy atom. The van der Waals surface area contributed by atoms with Crippen LogP contribution >= 0.6 is 0 Å². The first-order chi connectivity index (χ1) is 22.4. The molecule has 1 heterocycles. The van der Waals surface area contributed by atoms with E-state index in [0.29, 0.717) is 25.0 Å². The van der Waals surface area contributed by atoms with Gasteiger partial charge in [0.05, 0.1) is 25.4 Å².